The first-order valence-electron chi connectivity index (χ1n) is 7.38. The molecule has 3 rings (SSSR count). The van der Waals surface area contributed by atoms with Crippen LogP contribution in [-0.4, -0.2) is 34.7 Å². The third-order valence-electron chi connectivity index (χ3n) is 4.42. The minimum Gasteiger partial charge on any atom is -0.384 e. The van der Waals surface area contributed by atoms with Crippen LogP contribution < -0.4 is 0 Å². The molecule has 0 aliphatic carbocycles. The molecule has 1 aliphatic heterocycles. The van der Waals surface area contributed by atoms with Gasteiger partial charge in [0, 0.05) is 30.5 Å². The summed E-state index contributed by atoms with van der Waals surface area (Å²) in [7, 11) is 2.07. The maximum absolute atomic E-state index is 13.8. The Labute approximate surface area is 124 Å². The monoisotopic (exact) mass is 288 g/mol. The SMILES string of the molecule is CN1CCC(O)(c2cccn2Cc2ccccc2F)CC1. The number of aromatic nitrogens is 1. The molecular weight excluding hydrogens is 267 g/mol. The summed E-state index contributed by atoms with van der Waals surface area (Å²) >= 11 is 0. The molecule has 1 saturated heterocycles. The second-order valence-corrected chi connectivity index (χ2v) is 5.95. The summed E-state index contributed by atoms with van der Waals surface area (Å²) in [5, 5.41) is 10.9. The van der Waals surface area contributed by atoms with Gasteiger partial charge in [-0.2, -0.15) is 0 Å². The molecule has 0 atom stereocenters. The van der Waals surface area contributed by atoms with Crippen molar-refractivity contribution in [2.75, 3.05) is 20.1 Å². The molecule has 1 aromatic carbocycles. The smallest absolute Gasteiger partial charge is 0.128 e. The average molecular weight is 288 g/mol. The molecule has 21 heavy (non-hydrogen) atoms. The van der Waals surface area contributed by atoms with E-state index >= 15 is 0 Å². The lowest BCUT2D eigenvalue weighted by atomic mass is 9.88. The van der Waals surface area contributed by atoms with Crippen LogP contribution in [0.1, 0.15) is 24.1 Å². The molecule has 2 aromatic rings. The Hall–Kier alpha value is -1.65. The van der Waals surface area contributed by atoms with Gasteiger partial charge in [-0.1, -0.05) is 18.2 Å². The molecule has 0 bridgehead atoms. The molecule has 0 unspecified atom stereocenters. The van der Waals surface area contributed by atoms with Crippen molar-refractivity contribution in [2.24, 2.45) is 0 Å². The highest BCUT2D eigenvalue weighted by molar-refractivity contribution is 5.22. The molecule has 0 amide bonds. The third kappa shape index (κ3) is 2.87. The van der Waals surface area contributed by atoms with Gasteiger partial charge in [-0.15, -0.1) is 0 Å². The number of likely N-dealkylation sites (tertiary alicyclic amines) is 1. The van der Waals surface area contributed by atoms with Crippen LogP contribution in [0.15, 0.2) is 42.6 Å². The quantitative estimate of drug-likeness (QED) is 0.940. The Morgan fingerprint density at radius 1 is 1.14 bits per heavy atom. The molecular formula is C17H21FN2O. The molecule has 4 heteroatoms. The molecule has 1 aliphatic rings. The van der Waals surface area contributed by atoms with E-state index in [-0.39, 0.29) is 5.82 Å². The van der Waals surface area contributed by atoms with E-state index in [2.05, 4.69) is 11.9 Å². The predicted octanol–water partition coefficient (Wildman–Crippen LogP) is 2.59. The van der Waals surface area contributed by atoms with Gasteiger partial charge in [0.1, 0.15) is 11.4 Å². The van der Waals surface area contributed by atoms with Crippen molar-refractivity contribution < 1.29 is 9.50 Å². The second kappa shape index (κ2) is 5.62. The zero-order valence-electron chi connectivity index (χ0n) is 12.3. The van der Waals surface area contributed by atoms with Crippen LogP contribution in [0.3, 0.4) is 0 Å². The van der Waals surface area contributed by atoms with Gasteiger partial charge in [0.15, 0.2) is 0 Å². The minimum absolute atomic E-state index is 0.201. The molecule has 0 saturated carbocycles. The summed E-state index contributed by atoms with van der Waals surface area (Å²) in [5.41, 5.74) is 0.728. The largest absolute Gasteiger partial charge is 0.384 e. The summed E-state index contributed by atoms with van der Waals surface area (Å²) in [6.07, 6.45) is 3.34. The molecule has 0 radical (unpaired) electrons. The number of nitrogens with zero attached hydrogens (tertiary/aromatic N) is 2. The fourth-order valence-electron chi connectivity index (χ4n) is 3.03. The molecule has 1 aromatic heterocycles. The number of rotatable bonds is 3. The van der Waals surface area contributed by atoms with Crippen molar-refractivity contribution in [3.8, 4) is 0 Å². The minimum atomic E-state index is -0.804. The Kier molecular flexibility index (Phi) is 3.83. The highest BCUT2D eigenvalue weighted by Gasteiger charge is 2.35. The summed E-state index contributed by atoms with van der Waals surface area (Å²) in [6.45, 7) is 2.20. The number of hydrogen-bond donors (Lipinski definition) is 1. The molecule has 0 spiro atoms. The van der Waals surface area contributed by atoms with Crippen molar-refractivity contribution in [1.29, 1.82) is 0 Å². The van der Waals surface area contributed by atoms with Gasteiger partial charge in [0.05, 0.1) is 6.54 Å². The van der Waals surface area contributed by atoms with E-state index in [1.54, 1.807) is 12.1 Å². The van der Waals surface area contributed by atoms with E-state index in [9.17, 15) is 9.50 Å². The van der Waals surface area contributed by atoms with Crippen molar-refractivity contribution in [3.05, 3.63) is 59.7 Å². The normalized spacial score (nSPS) is 18.8. The lowest BCUT2D eigenvalue weighted by molar-refractivity contribution is -0.0263. The highest BCUT2D eigenvalue weighted by Crippen LogP contribution is 2.33. The van der Waals surface area contributed by atoms with E-state index in [1.165, 1.54) is 6.07 Å². The number of hydrogen-bond acceptors (Lipinski definition) is 2. The van der Waals surface area contributed by atoms with E-state index < -0.39 is 5.60 Å². The number of halogens is 1. The van der Waals surface area contributed by atoms with Crippen LogP contribution in [0, 0.1) is 5.82 Å². The summed E-state index contributed by atoms with van der Waals surface area (Å²) in [5.74, 6) is -0.201. The molecule has 2 heterocycles. The summed E-state index contributed by atoms with van der Waals surface area (Å²) in [4.78, 5) is 2.22. The fraction of sp³-hybridized carbons (Fsp3) is 0.412. The molecule has 3 nitrogen and oxygen atoms in total. The fourth-order valence-corrected chi connectivity index (χ4v) is 3.03. The topological polar surface area (TPSA) is 28.4 Å². The molecule has 1 fully saturated rings. The second-order valence-electron chi connectivity index (χ2n) is 5.95. The van der Waals surface area contributed by atoms with Crippen molar-refractivity contribution >= 4 is 0 Å². The lowest BCUT2D eigenvalue weighted by Gasteiger charge is -2.37. The average Bonchev–Trinajstić information content (AvgIpc) is 2.94. The van der Waals surface area contributed by atoms with Crippen LogP contribution in [0.25, 0.3) is 0 Å². The van der Waals surface area contributed by atoms with Crippen LogP contribution >= 0.6 is 0 Å². The van der Waals surface area contributed by atoms with E-state index in [1.807, 2.05) is 29.0 Å². The number of piperidine rings is 1. The van der Waals surface area contributed by atoms with Crippen LogP contribution in [0.2, 0.25) is 0 Å². The Balaban J connectivity index is 1.86. The van der Waals surface area contributed by atoms with Gasteiger partial charge in [-0.25, -0.2) is 4.39 Å². The maximum Gasteiger partial charge on any atom is 0.128 e. The van der Waals surface area contributed by atoms with E-state index in [4.69, 9.17) is 0 Å². The van der Waals surface area contributed by atoms with Gasteiger partial charge in [-0.3, -0.25) is 0 Å². The zero-order valence-corrected chi connectivity index (χ0v) is 12.3. The van der Waals surface area contributed by atoms with Gasteiger partial charge >= 0.3 is 0 Å². The first-order valence-corrected chi connectivity index (χ1v) is 7.38. The van der Waals surface area contributed by atoms with Gasteiger partial charge < -0.3 is 14.6 Å². The van der Waals surface area contributed by atoms with Crippen LogP contribution in [0.5, 0.6) is 0 Å². The Morgan fingerprint density at radius 3 is 2.57 bits per heavy atom. The zero-order chi connectivity index (χ0) is 14.9. The predicted molar refractivity (Wildman–Crippen MR) is 80.6 cm³/mol. The number of aliphatic hydroxyl groups is 1. The number of benzene rings is 1. The van der Waals surface area contributed by atoms with Gasteiger partial charge in [0.25, 0.3) is 0 Å². The van der Waals surface area contributed by atoms with Crippen LogP contribution in [-0.2, 0) is 12.1 Å². The first kappa shape index (κ1) is 14.3. The van der Waals surface area contributed by atoms with Gasteiger partial charge in [-0.05, 0) is 38.1 Å². The summed E-state index contributed by atoms with van der Waals surface area (Å²) < 4.78 is 15.8. The van der Waals surface area contributed by atoms with Crippen LogP contribution in [0.4, 0.5) is 4.39 Å². The van der Waals surface area contributed by atoms with E-state index in [0.717, 1.165) is 18.8 Å². The van der Waals surface area contributed by atoms with Crippen molar-refractivity contribution in [2.45, 2.75) is 25.0 Å². The lowest BCUT2D eigenvalue weighted by Crippen LogP contribution is -2.41. The molecule has 1 N–H and O–H groups in total. The maximum atomic E-state index is 13.8. The third-order valence-corrected chi connectivity index (χ3v) is 4.42. The first-order chi connectivity index (χ1) is 10.1. The Bertz CT molecular complexity index is 615. The van der Waals surface area contributed by atoms with Gasteiger partial charge in [0.2, 0.25) is 0 Å². The standard InChI is InChI=1S/C17H21FN2O/c1-19-11-8-17(21,9-12-19)16-7-4-10-20(16)13-14-5-2-3-6-15(14)18/h2-7,10,21H,8-9,11-13H2,1H3. The summed E-state index contributed by atoms with van der Waals surface area (Å²) in [6, 6.07) is 10.7. The van der Waals surface area contributed by atoms with Crippen molar-refractivity contribution in [3.63, 3.8) is 0 Å². The van der Waals surface area contributed by atoms with E-state index in [0.29, 0.717) is 24.9 Å². The highest BCUT2D eigenvalue weighted by atomic mass is 19.1. The van der Waals surface area contributed by atoms with Crippen molar-refractivity contribution in [1.82, 2.24) is 9.47 Å². The Morgan fingerprint density at radius 2 is 1.86 bits per heavy atom. The molecule has 112 valence electrons.